The number of rotatable bonds is 7. The number of methoxy groups -OCH3 is 1. The summed E-state index contributed by atoms with van der Waals surface area (Å²) in [5, 5.41) is 16.3. The number of aromatic nitrogens is 2. The van der Waals surface area contributed by atoms with Crippen LogP contribution in [0.2, 0.25) is 0 Å². The van der Waals surface area contributed by atoms with Gasteiger partial charge in [-0.15, -0.1) is 10.2 Å². The normalized spacial score (nSPS) is 11.1. The van der Waals surface area contributed by atoms with E-state index in [2.05, 4.69) is 26.1 Å². The zero-order chi connectivity index (χ0) is 16.6. The molecule has 8 nitrogen and oxygen atoms in total. The summed E-state index contributed by atoms with van der Waals surface area (Å²) in [5.41, 5.74) is -0.327. The van der Waals surface area contributed by atoms with Gasteiger partial charge in [0.05, 0.1) is 12.4 Å². The van der Waals surface area contributed by atoms with Crippen LogP contribution < -0.4 is 16.0 Å². The molecule has 22 heavy (non-hydrogen) atoms. The van der Waals surface area contributed by atoms with Crippen LogP contribution in [-0.2, 0) is 9.53 Å². The van der Waals surface area contributed by atoms with Gasteiger partial charge in [0.1, 0.15) is 0 Å². The lowest BCUT2D eigenvalue weighted by Gasteiger charge is -2.19. The van der Waals surface area contributed by atoms with Crippen molar-refractivity contribution in [2.24, 2.45) is 0 Å². The molecule has 0 aliphatic heterocycles. The van der Waals surface area contributed by atoms with Gasteiger partial charge in [0.25, 0.3) is 0 Å². The molecule has 0 spiro atoms. The minimum atomic E-state index is -0.336. The molecule has 1 aromatic heterocycles. The molecule has 0 atom stereocenters. The molecule has 0 unspecified atom stereocenters. The van der Waals surface area contributed by atoms with Crippen LogP contribution in [0, 0.1) is 0 Å². The maximum Gasteiger partial charge on any atom is 0.321 e. The molecule has 3 N–H and O–H groups in total. The third kappa shape index (κ3) is 8.15. The second kappa shape index (κ2) is 8.91. The van der Waals surface area contributed by atoms with E-state index in [0.29, 0.717) is 22.6 Å². The van der Waals surface area contributed by atoms with Crippen LogP contribution in [0.15, 0.2) is 4.34 Å². The Morgan fingerprint density at radius 1 is 1.32 bits per heavy atom. The minimum Gasteiger partial charge on any atom is -0.383 e. The highest BCUT2D eigenvalue weighted by atomic mass is 32.2. The Labute approximate surface area is 137 Å². The van der Waals surface area contributed by atoms with Gasteiger partial charge >= 0.3 is 6.03 Å². The fourth-order valence-corrected chi connectivity index (χ4v) is 2.84. The molecule has 1 rings (SSSR count). The smallest absolute Gasteiger partial charge is 0.321 e. The molecule has 1 heterocycles. The Morgan fingerprint density at radius 2 is 2.05 bits per heavy atom. The molecule has 0 radical (unpaired) electrons. The van der Waals surface area contributed by atoms with E-state index in [-0.39, 0.29) is 23.2 Å². The fraction of sp³-hybridized carbons (Fsp3) is 0.667. The number of amides is 3. The average molecular weight is 347 g/mol. The summed E-state index contributed by atoms with van der Waals surface area (Å²) in [4.78, 5) is 23.2. The molecule has 0 saturated carbocycles. The first-order valence-corrected chi connectivity index (χ1v) is 8.41. The van der Waals surface area contributed by atoms with Crippen LogP contribution >= 0.6 is 23.1 Å². The van der Waals surface area contributed by atoms with Gasteiger partial charge < -0.3 is 15.4 Å². The van der Waals surface area contributed by atoms with Crippen LogP contribution in [0.1, 0.15) is 20.8 Å². The Hall–Kier alpha value is -1.39. The van der Waals surface area contributed by atoms with Crippen molar-refractivity contribution >= 4 is 40.2 Å². The Balaban J connectivity index is 2.35. The summed E-state index contributed by atoms with van der Waals surface area (Å²) in [7, 11) is 1.58. The second-order valence-electron chi connectivity index (χ2n) is 5.33. The molecule has 0 bridgehead atoms. The maximum atomic E-state index is 11.7. The molecule has 124 valence electrons. The molecule has 0 fully saturated rings. The lowest BCUT2D eigenvalue weighted by atomic mass is 10.1. The number of anilines is 1. The largest absolute Gasteiger partial charge is 0.383 e. The lowest BCUT2D eigenvalue weighted by Crippen LogP contribution is -2.43. The summed E-state index contributed by atoms with van der Waals surface area (Å²) in [6.07, 6.45) is 0. The van der Waals surface area contributed by atoms with E-state index in [1.165, 1.54) is 23.1 Å². The van der Waals surface area contributed by atoms with Crippen molar-refractivity contribution in [3.63, 3.8) is 0 Å². The van der Waals surface area contributed by atoms with E-state index in [4.69, 9.17) is 4.74 Å². The highest BCUT2D eigenvalue weighted by Gasteiger charge is 2.15. The van der Waals surface area contributed by atoms with E-state index in [1.54, 1.807) is 7.11 Å². The number of nitrogens with one attached hydrogen (secondary N) is 3. The van der Waals surface area contributed by atoms with E-state index >= 15 is 0 Å². The zero-order valence-corrected chi connectivity index (χ0v) is 14.7. The molecule has 0 saturated heterocycles. The van der Waals surface area contributed by atoms with Crippen LogP contribution in [-0.4, -0.2) is 53.7 Å². The number of hydrogen-bond acceptors (Lipinski definition) is 7. The average Bonchev–Trinajstić information content (AvgIpc) is 2.82. The maximum absolute atomic E-state index is 11.7. The topological polar surface area (TPSA) is 105 Å². The van der Waals surface area contributed by atoms with Gasteiger partial charge in [0.2, 0.25) is 11.0 Å². The molecule has 0 aliphatic rings. The first-order valence-electron chi connectivity index (χ1n) is 6.61. The lowest BCUT2D eigenvalue weighted by molar-refractivity contribution is -0.118. The van der Waals surface area contributed by atoms with Gasteiger partial charge in [0, 0.05) is 19.2 Å². The number of hydrogen-bond donors (Lipinski definition) is 3. The number of carbonyl (C=O) groups excluding carboxylic acids is 2. The van der Waals surface area contributed by atoms with Crippen LogP contribution in [0.5, 0.6) is 0 Å². The number of nitrogens with zero attached hydrogens (tertiary/aromatic N) is 2. The highest BCUT2D eigenvalue weighted by molar-refractivity contribution is 8.01. The Morgan fingerprint density at radius 3 is 2.68 bits per heavy atom. The zero-order valence-electron chi connectivity index (χ0n) is 13.1. The van der Waals surface area contributed by atoms with Gasteiger partial charge in [-0.1, -0.05) is 23.1 Å². The van der Waals surface area contributed by atoms with E-state index in [0.717, 1.165) is 0 Å². The van der Waals surface area contributed by atoms with Crippen molar-refractivity contribution in [1.29, 1.82) is 0 Å². The molecule has 10 heteroatoms. The number of urea groups is 1. The summed E-state index contributed by atoms with van der Waals surface area (Å²) < 4.78 is 5.46. The predicted molar refractivity (Wildman–Crippen MR) is 87.4 cm³/mol. The number of ether oxygens (including phenoxy) is 1. The van der Waals surface area contributed by atoms with Crippen molar-refractivity contribution in [2.45, 2.75) is 30.6 Å². The number of thioether (sulfide) groups is 1. The van der Waals surface area contributed by atoms with Crippen molar-refractivity contribution in [3.8, 4) is 0 Å². The standard InChI is InChI=1S/C12H21N5O3S2/c1-12(2,3)15-9(19)14-10-16-17-11(22-10)21-7-8(18)13-5-6-20-4/h5-7H2,1-4H3,(H,13,18)(H2,14,15,16,19). The van der Waals surface area contributed by atoms with E-state index < -0.39 is 0 Å². The highest BCUT2D eigenvalue weighted by Crippen LogP contribution is 2.25. The van der Waals surface area contributed by atoms with Crippen LogP contribution in [0.25, 0.3) is 0 Å². The summed E-state index contributed by atoms with van der Waals surface area (Å²) in [6, 6.07) is -0.336. The quantitative estimate of drug-likeness (QED) is 0.390. The summed E-state index contributed by atoms with van der Waals surface area (Å²) in [6.45, 7) is 6.61. The molecule has 0 aliphatic carbocycles. The third-order valence-corrected chi connectivity index (χ3v) is 4.04. The van der Waals surface area contributed by atoms with E-state index in [9.17, 15) is 9.59 Å². The molecule has 3 amide bonds. The van der Waals surface area contributed by atoms with Crippen molar-refractivity contribution in [1.82, 2.24) is 20.8 Å². The van der Waals surface area contributed by atoms with Crippen LogP contribution in [0.4, 0.5) is 9.93 Å². The van der Waals surface area contributed by atoms with Crippen molar-refractivity contribution in [3.05, 3.63) is 0 Å². The predicted octanol–water partition coefficient (Wildman–Crippen LogP) is 1.31. The first-order chi connectivity index (χ1) is 10.3. The van der Waals surface area contributed by atoms with Gasteiger partial charge in [-0.25, -0.2) is 4.79 Å². The Kier molecular flexibility index (Phi) is 7.56. The fourth-order valence-electron chi connectivity index (χ4n) is 1.26. The van der Waals surface area contributed by atoms with Gasteiger partial charge in [0.15, 0.2) is 4.34 Å². The Bertz CT molecular complexity index is 501. The SMILES string of the molecule is COCCNC(=O)CSc1nnc(NC(=O)NC(C)(C)C)s1. The van der Waals surface area contributed by atoms with Gasteiger partial charge in [-0.2, -0.15) is 0 Å². The molecule has 1 aromatic rings. The molecular formula is C12H21N5O3S2. The first kappa shape index (κ1) is 18.7. The summed E-state index contributed by atoms with van der Waals surface area (Å²) >= 11 is 2.49. The molecule has 0 aromatic carbocycles. The van der Waals surface area contributed by atoms with Crippen molar-refractivity contribution in [2.75, 3.05) is 31.3 Å². The van der Waals surface area contributed by atoms with E-state index in [1.807, 2.05) is 20.8 Å². The summed E-state index contributed by atoms with van der Waals surface area (Å²) in [5.74, 6) is 0.143. The number of carbonyl (C=O) groups is 2. The minimum absolute atomic E-state index is 0.0998. The van der Waals surface area contributed by atoms with Crippen LogP contribution in [0.3, 0.4) is 0 Å². The second-order valence-corrected chi connectivity index (χ2v) is 7.53. The van der Waals surface area contributed by atoms with Gasteiger partial charge in [-0.3, -0.25) is 10.1 Å². The third-order valence-electron chi connectivity index (χ3n) is 2.07. The van der Waals surface area contributed by atoms with Gasteiger partial charge in [-0.05, 0) is 20.8 Å². The molecular weight excluding hydrogens is 326 g/mol. The van der Waals surface area contributed by atoms with Crippen molar-refractivity contribution < 1.29 is 14.3 Å². The monoisotopic (exact) mass is 347 g/mol.